The summed E-state index contributed by atoms with van der Waals surface area (Å²) >= 11 is 7.40. The maximum absolute atomic E-state index is 13.2. The van der Waals surface area contributed by atoms with Gasteiger partial charge in [-0.15, -0.1) is 11.3 Å². The number of hydrogen-bond acceptors (Lipinski definition) is 7. The largest absolute Gasteiger partial charge is 0.480 e. The Hall–Kier alpha value is -1.00. The zero-order valence-corrected chi connectivity index (χ0v) is 21.4. The summed E-state index contributed by atoms with van der Waals surface area (Å²) < 4.78 is 0. The van der Waals surface area contributed by atoms with Crippen molar-refractivity contribution in [2.24, 2.45) is 17.6 Å². The number of hydrogen-bond donors (Lipinski definition) is 4. The number of thiophene rings is 1. The SMILES string of the molecule is CSCC[C@H](NC(=O)C(Cc1cccs1)N(C)C[C@@H](/C=C/C(N)CS)C(C)C)C(=O)O. The van der Waals surface area contributed by atoms with E-state index < -0.39 is 18.1 Å². The fourth-order valence-electron chi connectivity index (χ4n) is 3.13. The van der Waals surface area contributed by atoms with Crippen molar-refractivity contribution in [2.75, 3.05) is 31.4 Å². The van der Waals surface area contributed by atoms with E-state index in [9.17, 15) is 14.7 Å². The topological polar surface area (TPSA) is 95.7 Å². The average Bonchev–Trinajstić information content (AvgIpc) is 3.24. The summed E-state index contributed by atoms with van der Waals surface area (Å²) in [6.45, 7) is 4.96. The van der Waals surface area contributed by atoms with Gasteiger partial charge >= 0.3 is 5.97 Å². The second-order valence-electron chi connectivity index (χ2n) is 8.06. The Morgan fingerprint density at radius 2 is 2.10 bits per heavy atom. The number of likely N-dealkylation sites (N-methyl/N-ethyl adjacent to an activating group) is 1. The predicted octanol–water partition coefficient (Wildman–Crippen LogP) is 3.00. The number of thiol groups is 1. The van der Waals surface area contributed by atoms with Gasteiger partial charge < -0.3 is 16.2 Å². The van der Waals surface area contributed by atoms with Crippen molar-refractivity contribution in [2.45, 2.75) is 44.8 Å². The quantitative estimate of drug-likeness (QED) is 0.224. The molecule has 1 rings (SSSR count). The maximum atomic E-state index is 13.2. The lowest BCUT2D eigenvalue weighted by molar-refractivity contribution is -0.142. The highest BCUT2D eigenvalue weighted by atomic mass is 32.2. The van der Waals surface area contributed by atoms with Gasteiger partial charge in [0.2, 0.25) is 5.91 Å². The molecule has 0 aliphatic heterocycles. The average molecular weight is 488 g/mol. The molecule has 4 N–H and O–H groups in total. The number of thioether (sulfide) groups is 1. The van der Waals surface area contributed by atoms with E-state index >= 15 is 0 Å². The third-order valence-electron chi connectivity index (χ3n) is 5.21. The number of rotatable bonds is 15. The van der Waals surface area contributed by atoms with Gasteiger partial charge in [0.25, 0.3) is 0 Å². The number of nitrogens with zero attached hydrogens (tertiary/aromatic N) is 1. The zero-order valence-electron chi connectivity index (χ0n) is 18.9. The third kappa shape index (κ3) is 10.4. The van der Waals surface area contributed by atoms with Crippen LogP contribution in [-0.4, -0.2) is 71.4 Å². The van der Waals surface area contributed by atoms with Crippen LogP contribution in [0.5, 0.6) is 0 Å². The predicted molar refractivity (Wildman–Crippen MR) is 136 cm³/mol. The standard InChI is InChI=1S/C22H37N3O3S3/c1-15(2)16(7-8-17(23)14-29)13-25(3)20(12-18-6-5-10-31-18)21(26)24-19(22(27)28)9-11-30-4/h5-8,10,15-17,19-20,29H,9,11-14,23H2,1-4H3,(H,24,26)(H,27,28)/b8-7+/t16-,17?,19+,20?/m1/s1. The second kappa shape index (κ2) is 14.9. The summed E-state index contributed by atoms with van der Waals surface area (Å²) in [6.07, 6.45) is 6.95. The Morgan fingerprint density at radius 1 is 1.39 bits per heavy atom. The molecule has 0 aromatic carbocycles. The van der Waals surface area contributed by atoms with Crippen molar-refractivity contribution in [1.29, 1.82) is 0 Å². The molecule has 6 nitrogen and oxygen atoms in total. The van der Waals surface area contributed by atoms with Gasteiger partial charge in [0.15, 0.2) is 0 Å². The van der Waals surface area contributed by atoms with Crippen LogP contribution in [0.2, 0.25) is 0 Å². The number of aliphatic carboxylic acids is 1. The summed E-state index contributed by atoms with van der Waals surface area (Å²) in [7, 11) is 1.93. The van der Waals surface area contributed by atoms with E-state index in [2.05, 4.69) is 37.9 Å². The Morgan fingerprint density at radius 3 is 2.61 bits per heavy atom. The highest BCUT2D eigenvalue weighted by Crippen LogP contribution is 2.19. The van der Waals surface area contributed by atoms with Gasteiger partial charge in [-0.1, -0.05) is 32.1 Å². The number of carboxylic acids is 1. The first kappa shape index (κ1) is 28.0. The van der Waals surface area contributed by atoms with Crippen molar-refractivity contribution in [3.05, 3.63) is 34.5 Å². The summed E-state index contributed by atoms with van der Waals surface area (Å²) in [5, 5.41) is 14.3. The van der Waals surface area contributed by atoms with Gasteiger partial charge in [-0.2, -0.15) is 24.4 Å². The van der Waals surface area contributed by atoms with E-state index in [0.29, 0.717) is 36.8 Å². The fraction of sp³-hybridized carbons (Fsp3) is 0.636. The molecule has 0 fully saturated rings. The zero-order chi connectivity index (χ0) is 23.4. The highest BCUT2D eigenvalue weighted by molar-refractivity contribution is 7.98. The number of carbonyl (C=O) groups is 2. The van der Waals surface area contributed by atoms with E-state index in [4.69, 9.17) is 5.73 Å². The first-order valence-electron chi connectivity index (χ1n) is 10.5. The van der Waals surface area contributed by atoms with Crippen molar-refractivity contribution >= 4 is 47.6 Å². The highest BCUT2D eigenvalue weighted by Gasteiger charge is 2.29. The maximum Gasteiger partial charge on any atom is 0.326 e. The van der Waals surface area contributed by atoms with Crippen LogP contribution in [0.15, 0.2) is 29.7 Å². The lowest BCUT2D eigenvalue weighted by Crippen LogP contribution is -2.52. The lowest BCUT2D eigenvalue weighted by Gasteiger charge is -2.32. The Labute approximate surface area is 200 Å². The molecule has 31 heavy (non-hydrogen) atoms. The first-order valence-corrected chi connectivity index (χ1v) is 13.4. The molecule has 0 aliphatic rings. The van der Waals surface area contributed by atoms with E-state index in [1.54, 1.807) is 23.1 Å². The molecular weight excluding hydrogens is 450 g/mol. The molecule has 0 radical (unpaired) electrons. The van der Waals surface area contributed by atoms with Crippen LogP contribution in [0.3, 0.4) is 0 Å². The Balaban J connectivity index is 3.00. The van der Waals surface area contributed by atoms with E-state index in [-0.39, 0.29) is 17.9 Å². The number of amides is 1. The monoisotopic (exact) mass is 487 g/mol. The van der Waals surface area contributed by atoms with Crippen LogP contribution in [-0.2, 0) is 16.0 Å². The molecule has 2 unspecified atom stereocenters. The van der Waals surface area contributed by atoms with Crippen molar-refractivity contribution in [3.63, 3.8) is 0 Å². The minimum absolute atomic E-state index is 0.104. The Kier molecular flexibility index (Phi) is 13.5. The molecule has 1 aromatic heterocycles. The fourth-order valence-corrected chi connectivity index (χ4v) is 4.47. The van der Waals surface area contributed by atoms with Crippen molar-refractivity contribution < 1.29 is 14.7 Å². The molecule has 4 atom stereocenters. The minimum atomic E-state index is -0.997. The molecule has 1 aromatic rings. The molecule has 0 saturated carbocycles. The number of nitrogens with one attached hydrogen (secondary N) is 1. The van der Waals surface area contributed by atoms with Gasteiger partial charge in [-0.25, -0.2) is 4.79 Å². The van der Waals surface area contributed by atoms with Gasteiger partial charge in [0.1, 0.15) is 6.04 Å². The normalized spacial score (nSPS) is 15.9. The molecule has 1 amide bonds. The number of nitrogens with two attached hydrogens (primary N) is 1. The molecule has 176 valence electrons. The van der Waals surface area contributed by atoms with Crippen LogP contribution in [0.25, 0.3) is 0 Å². The molecule has 0 spiro atoms. The van der Waals surface area contributed by atoms with Gasteiger partial charge in [0, 0.05) is 29.6 Å². The third-order valence-corrected chi connectivity index (χ3v) is 7.17. The summed E-state index contributed by atoms with van der Waals surface area (Å²) in [5.41, 5.74) is 5.98. The molecular formula is C22H37N3O3S3. The van der Waals surface area contributed by atoms with Crippen molar-refractivity contribution in [1.82, 2.24) is 10.2 Å². The molecule has 0 bridgehead atoms. The number of carbonyl (C=O) groups excluding carboxylic acids is 1. The van der Waals surface area contributed by atoms with Crippen molar-refractivity contribution in [3.8, 4) is 0 Å². The minimum Gasteiger partial charge on any atom is -0.480 e. The van der Waals surface area contributed by atoms with Crippen LogP contribution in [0.1, 0.15) is 25.1 Å². The van der Waals surface area contributed by atoms with Gasteiger partial charge in [-0.05, 0) is 48.8 Å². The molecule has 1 heterocycles. The molecule has 0 aliphatic carbocycles. The van der Waals surface area contributed by atoms with Crippen LogP contribution in [0, 0.1) is 11.8 Å². The summed E-state index contributed by atoms with van der Waals surface area (Å²) in [5.74, 6) is 0.583. The Bertz CT molecular complexity index is 683. The van der Waals surface area contributed by atoms with Crippen LogP contribution in [0.4, 0.5) is 0 Å². The van der Waals surface area contributed by atoms with Crippen LogP contribution >= 0.6 is 35.7 Å². The lowest BCUT2D eigenvalue weighted by atomic mass is 9.93. The van der Waals surface area contributed by atoms with E-state index in [0.717, 1.165) is 4.88 Å². The van der Waals surface area contributed by atoms with Gasteiger partial charge in [0.05, 0.1) is 6.04 Å². The second-order valence-corrected chi connectivity index (χ2v) is 10.4. The smallest absolute Gasteiger partial charge is 0.326 e. The number of carboxylic acid groups (broad SMARTS) is 1. The first-order chi connectivity index (χ1) is 14.7. The van der Waals surface area contributed by atoms with Gasteiger partial charge in [-0.3, -0.25) is 9.69 Å². The van der Waals surface area contributed by atoms with Crippen LogP contribution < -0.4 is 11.1 Å². The van der Waals surface area contributed by atoms with E-state index in [1.807, 2.05) is 41.8 Å². The summed E-state index contributed by atoms with van der Waals surface area (Å²) in [6, 6.07) is 2.53. The van der Waals surface area contributed by atoms with E-state index in [1.165, 1.54) is 0 Å². The molecule has 0 saturated heterocycles. The molecule has 9 heteroatoms. The summed E-state index contributed by atoms with van der Waals surface area (Å²) in [4.78, 5) is 27.9.